The molecule has 0 aromatic rings. The van der Waals surface area contributed by atoms with Gasteiger partial charge in [-0.3, -0.25) is 0 Å². The van der Waals surface area contributed by atoms with Gasteiger partial charge >= 0.3 is 0 Å². The Kier molecular flexibility index (Phi) is 2.90. The summed E-state index contributed by atoms with van der Waals surface area (Å²) in [5, 5.41) is 0. The van der Waals surface area contributed by atoms with E-state index in [4.69, 9.17) is 9.47 Å². The van der Waals surface area contributed by atoms with E-state index in [1.807, 2.05) is 0 Å². The van der Waals surface area contributed by atoms with Crippen LogP contribution in [0.1, 0.15) is 34.1 Å². The SMILES string of the molecule is CC(C)C1O[C@H](C)C[C@H](C)O1. The van der Waals surface area contributed by atoms with Crippen LogP contribution < -0.4 is 0 Å². The van der Waals surface area contributed by atoms with Crippen molar-refractivity contribution in [3.63, 3.8) is 0 Å². The zero-order valence-electron chi connectivity index (χ0n) is 7.83. The molecule has 1 aliphatic rings. The van der Waals surface area contributed by atoms with E-state index >= 15 is 0 Å². The summed E-state index contributed by atoms with van der Waals surface area (Å²) in [6.45, 7) is 8.45. The van der Waals surface area contributed by atoms with Crippen LogP contribution in [0, 0.1) is 5.92 Å². The Balaban J connectivity index is 2.43. The standard InChI is InChI=1S/C9H18O2/c1-6(2)9-10-7(3)5-8(4)11-9/h6-9H,5H2,1-4H3/t7-,8+,9?. The smallest absolute Gasteiger partial charge is 0.160 e. The third kappa shape index (κ3) is 2.46. The Morgan fingerprint density at radius 3 is 1.91 bits per heavy atom. The summed E-state index contributed by atoms with van der Waals surface area (Å²) in [6.07, 6.45) is 1.73. The summed E-state index contributed by atoms with van der Waals surface area (Å²) in [4.78, 5) is 0. The van der Waals surface area contributed by atoms with E-state index < -0.39 is 0 Å². The Morgan fingerprint density at radius 1 is 1.09 bits per heavy atom. The van der Waals surface area contributed by atoms with Crippen LogP contribution in [-0.4, -0.2) is 18.5 Å². The third-order valence-electron chi connectivity index (χ3n) is 1.94. The van der Waals surface area contributed by atoms with Crippen molar-refractivity contribution in [2.24, 2.45) is 5.92 Å². The van der Waals surface area contributed by atoms with Crippen molar-refractivity contribution >= 4 is 0 Å². The van der Waals surface area contributed by atoms with Gasteiger partial charge in [0.2, 0.25) is 0 Å². The Morgan fingerprint density at radius 2 is 1.55 bits per heavy atom. The van der Waals surface area contributed by atoms with Gasteiger partial charge in [-0.25, -0.2) is 0 Å². The quantitative estimate of drug-likeness (QED) is 0.582. The van der Waals surface area contributed by atoms with E-state index in [1.165, 1.54) is 0 Å². The first-order valence-electron chi connectivity index (χ1n) is 4.40. The van der Waals surface area contributed by atoms with Crippen LogP contribution in [0.5, 0.6) is 0 Å². The maximum Gasteiger partial charge on any atom is 0.160 e. The lowest BCUT2D eigenvalue weighted by Gasteiger charge is -2.34. The van der Waals surface area contributed by atoms with Crippen LogP contribution in [0.3, 0.4) is 0 Å². The maximum atomic E-state index is 5.60. The molecule has 1 unspecified atom stereocenters. The second-order valence-corrected chi connectivity index (χ2v) is 3.74. The molecular weight excluding hydrogens is 140 g/mol. The molecule has 66 valence electrons. The van der Waals surface area contributed by atoms with Gasteiger partial charge in [0, 0.05) is 5.92 Å². The Labute approximate surface area is 68.9 Å². The van der Waals surface area contributed by atoms with Crippen LogP contribution in [-0.2, 0) is 9.47 Å². The molecule has 0 spiro atoms. The van der Waals surface area contributed by atoms with E-state index in [9.17, 15) is 0 Å². The Hall–Kier alpha value is -0.0800. The second-order valence-electron chi connectivity index (χ2n) is 3.74. The molecule has 0 amide bonds. The molecule has 0 N–H and O–H groups in total. The van der Waals surface area contributed by atoms with Crippen LogP contribution in [0.4, 0.5) is 0 Å². The lowest BCUT2D eigenvalue weighted by molar-refractivity contribution is -0.251. The highest BCUT2D eigenvalue weighted by atomic mass is 16.7. The van der Waals surface area contributed by atoms with Crippen LogP contribution in [0.25, 0.3) is 0 Å². The molecular formula is C9H18O2. The highest BCUT2D eigenvalue weighted by Gasteiger charge is 2.26. The molecule has 0 radical (unpaired) electrons. The van der Waals surface area contributed by atoms with Crippen molar-refractivity contribution in [3.05, 3.63) is 0 Å². The average molecular weight is 158 g/mol. The summed E-state index contributed by atoms with van der Waals surface area (Å²) >= 11 is 0. The molecule has 0 saturated carbocycles. The van der Waals surface area contributed by atoms with Crippen molar-refractivity contribution < 1.29 is 9.47 Å². The Bertz CT molecular complexity index is 113. The molecule has 3 atom stereocenters. The molecule has 0 aromatic heterocycles. The van der Waals surface area contributed by atoms with E-state index in [2.05, 4.69) is 27.7 Å². The summed E-state index contributed by atoms with van der Waals surface area (Å²) in [6, 6.07) is 0. The minimum Gasteiger partial charge on any atom is -0.349 e. The zero-order valence-corrected chi connectivity index (χ0v) is 7.83. The largest absolute Gasteiger partial charge is 0.349 e. The first-order chi connectivity index (χ1) is 5.09. The fraction of sp³-hybridized carbons (Fsp3) is 1.00. The predicted octanol–water partition coefficient (Wildman–Crippen LogP) is 2.18. The molecule has 2 nitrogen and oxygen atoms in total. The minimum atomic E-state index is 0.00810. The van der Waals surface area contributed by atoms with Gasteiger partial charge in [0.1, 0.15) is 0 Å². The average Bonchev–Trinajstić information content (AvgIpc) is 1.85. The first kappa shape index (κ1) is 9.01. The summed E-state index contributed by atoms with van der Waals surface area (Å²) < 4.78 is 11.2. The van der Waals surface area contributed by atoms with Gasteiger partial charge in [0.15, 0.2) is 6.29 Å². The highest BCUT2D eigenvalue weighted by Crippen LogP contribution is 2.22. The van der Waals surface area contributed by atoms with Gasteiger partial charge in [-0.1, -0.05) is 13.8 Å². The molecule has 0 aliphatic carbocycles. The topological polar surface area (TPSA) is 18.5 Å². The fourth-order valence-corrected chi connectivity index (χ4v) is 1.38. The van der Waals surface area contributed by atoms with Crippen LogP contribution in [0.2, 0.25) is 0 Å². The first-order valence-corrected chi connectivity index (χ1v) is 4.40. The third-order valence-corrected chi connectivity index (χ3v) is 1.94. The monoisotopic (exact) mass is 158 g/mol. The molecule has 0 aromatic carbocycles. The fourth-order valence-electron chi connectivity index (χ4n) is 1.38. The summed E-state index contributed by atoms with van der Waals surface area (Å²) in [5.74, 6) is 0.459. The van der Waals surface area contributed by atoms with Crippen molar-refractivity contribution in [3.8, 4) is 0 Å². The highest BCUT2D eigenvalue weighted by molar-refractivity contribution is 4.67. The van der Waals surface area contributed by atoms with Crippen molar-refractivity contribution in [2.75, 3.05) is 0 Å². The van der Waals surface area contributed by atoms with Gasteiger partial charge in [0.25, 0.3) is 0 Å². The molecule has 0 bridgehead atoms. The molecule has 2 heteroatoms. The molecule has 11 heavy (non-hydrogen) atoms. The molecule has 1 rings (SSSR count). The van der Waals surface area contributed by atoms with Crippen molar-refractivity contribution in [1.29, 1.82) is 0 Å². The van der Waals surface area contributed by atoms with E-state index in [1.54, 1.807) is 0 Å². The van der Waals surface area contributed by atoms with E-state index in [0.717, 1.165) is 6.42 Å². The number of hydrogen-bond donors (Lipinski definition) is 0. The molecule has 1 saturated heterocycles. The van der Waals surface area contributed by atoms with Crippen molar-refractivity contribution in [1.82, 2.24) is 0 Å². The number of rotatable bonds is 1. The lowest BCUT2D eigenvalue weighted by Crippen LogP contribution is -2.38. The minimum absolute atomic E-state index is 0.00810. The number of ether oxygens (including phenoxy) is 2. The number of hydrogen-bond acceptors (Lipinski definition) is 2. The van der Waals surface area contributed by atoms with Gasteiger partial charge in [-0.2, -0.15) is 0 Å². The summed E-state index contributed by atoms with van der Waals surface area (Å²) in [7, 11) is 0. The molecule has 1 fully saturated rings. The van der Waals surface area contributed by atoms with E-state index in [0.29, 0.717) is 18.1 Å². The van der Waals surface area contributed by atoms with Crippen molar-refractivity contribution in [2.45, 2.75) is 52.6 Å². The second kappa shape index (κ2) is 3.55. The maximum absolute atomic E-state index is 5.60. The van der Waals surface area contributed by atoms with E-state index in [-0.39, 0.29) is 6.29 Å². The van der Waals surface area contributed by atoms with Crippen LogP contribution in [0.15, 0.2) is 0 Å². The normalized spacial score (nSPS) is 39.5. The molecule has 1 aliphatic heterocycles. The lowest BCUT2D eigenvalue weighted by atomic mass is 10.1. The van der Waals surface area contributed by atoms with Gasteiger partial charge in [-0.05, 0) is 20.3 Å². The van der Waals surface area contributed by atoms with Gasteiger partial charge in [0.05, 0.1) is 12.2 Å². The predicted molar refractivity (Wildman–Crippen MR) is 44.3 cm³/mol. The zero-order chi connectivity index (χ0) is 8.43. The van der Waals surface area contributed by atoms with Crippen LogP contribution >= 0.6 is 0 Å². The molecule has 1 heterocycles. The summed E-state index contributed by atoms with van der Waals surface area (Å²) in [5.41, 5.74) is 0. The van der Waals surface area contributed by atoms with Gasteiger partial charge < -0.3 is 9.47 Å². The van der Waals surface area contributed by atoms with Gasteiger partial charge in [-0.15, -0.1) is 0 Å².